The van der Waals surface area contributed by atoms with Gasteiger partial charge in [-0.2, -0.15) is 0 Å². The van der Waals surface area contributed by atoms with Crippen molar-refractivity contribution in [2.24, 2.45) is 0 Å². The molecule has 0 bridgehead atoms. The molecule has 0 aromatic carbocycles. The number of carboxylic acid groups (broad SMARTS) is 2. The van der Waals surface area contributed by atoms with Crippen molar-refractivity contribution in [2.45, 2.75) is 205 Å². The van der Waals surface area contributed by atoms with Crippen molar-refractivity contribution in [2.75, 3.05) is 0 Å². The number of ketones is 2. The summed E-state index contributed by atoms with van der Waals surface area (Å²) in [7, 11) is 0. The van der Waals surface area contributed by atoms with Gasteiger partial charge in [0.15, 0.2) is 11.6 Å². The Morgan fingerprint density at radius 3 is 0.727 bits per heavy atom. The minimum Gasteiger partial charge on any atom is -0.479 e. The van der Waals surface area contributed by atoms with Crippen LogP contribution in [-0.4, -0.2) is 55.1 Å². The lowest BCUT2D eigenvalue weighted by Crippen LogP contribution is -2.71. The fourth-order valence-corrected chi connectivity index (χ4v) is 5.92. The molecule has 8 nitrogen and oxygen atoms in total. The van der Waals surface area contributed by atoms with Crippen LogP contribution >= 0.6 is 0 Å². The highest BCUT2D eigenvalue weighted by atomic mass is 16.5. The van der Waals surface area contributed by atoms with Crippen molar-refractivity contribution in [1.82, 2.24) is 0 Å². The number of aliphatic carboxylic acids is 2. The van der Waals surface area contributed by atoms with Crippen LogP contribution in [-0.2, 0) is 19.2 Å². The van der Waals surface area contributed by atoms with Crippen molar-refractivity contribution in [3.63, 3.8) is 0 Å². The van der Waals surface area contributed by atoms with E-state index >= 15 is 0 Å². The van der Waals surface area contributed by atoms with Crippen LogP contribution in [0.25, 0.3) is 0 Å². The van der Waals surface area contributed by atoms with Gasteiger partial charge in [0.25, 0.3) is 11.2 Å². The van der Waals surface area contributed by atoms with E-state index in [0.29, 0.717) is 12.8 Å². The summed E-state index contributed by atoms with van der Waals surface area (Å²) in [6.45, 7) is 4.42. The van der Waals surface area contributed by atoms with Crippen LogP contribution < -0.4 is 0 Å². The summed E-state index contributed by atoms with van der Waals surface area (Å²) in [4.78, 5) is 49.7. The highest BCUT2D eigenvalue weighted by Crippen LogP contribution is 2.30. The van der Waals surface area contributed by atoms with Crippen molar-refractivity contribution in [3.05, 3.63) is 0 Å². The maximum Gasteiger partial charge on any atom is 0.347 e. The number of Topliss-reactive ketones (excluding diaryl/α,β-unsaturated/α-hetero) is 2. The van der Waals surface area contributed by atoms with Crippen LogP contribution in [0.3, 0.4) is 0 Å². The molecule has 0 spiro atoms. The molecule has 0 rings (SSSR count). The number of carbonyl (C=O) groups is 4. The van der Waals surface area contributed by atoms with E-state index in [4.69, 9.17) is 0 Å². The lowest BCUT2D eigenvalue weighted by molar-refractivity contribution is -0.207. The van der Waals surface area contributed by atoms with Gasteiger partial charge in [-0.3, -0.25) is 9.59 Å². The standard InChI is InChI=1S/C36H66O8/c1-3-5-7-9-11-13-15-17-19-21-23-25-27-29-31(37)35(43,33(39)40)36(44,34(41)42)32(38)30-28-26-24-22-20-18-16-14-12-10-8-6-4-2/h43-44H,3-30H2,1-2H3,(H,39,40)(H,41,42). The summed E-state index contributed by atoms with van der Waals surface area (Å²) in [5.41, 5.74) is -7.47. The van der Waals surface area contributed by atoms with Gasteiger partial charge in [-0.25, -0.2) is 9.59 Å². The van der Waals surface area contributed by atoms with Crippen molar-refractivity contribution < 1.29 is 39.6 Å². The average Bonchev–Trinajstić information content (AvgIpc) is 3.00. The van der Waals surface area contributed by atoms with Gasteiger partial charge in [0.1, 0.15) is 0 Å². The summed E-state index contributed by atoms with van der Waals surface area (Å²) < 4.78 is 0. The molecule has 0 saturated carbocycles. The van der Waals surface area contributed by atoms with Gasteiger partial charge >= 0.3 is 11.9 Å². The molecule has 0 aliphatic carbocycles. The quantitative estimate of drug-likeness (QED) is 0.0417. The second kappa shape index (κ2) is 26.4. The van der Waals surface area contributed by atoms with E-state index in [-0.39, 0.29) is 12.8 Å². The molecule has 0 heterocycles. The summed E-state index contributed by atoms with van der Waals surface area (Å²) in [6.07, 6.45) is 26.7. The summed E-state index contributed by atoms with van der Waals surface area (Å²) >= 11 is 0. The molecule has 258 valence electrons. The van der Waals surface area contributed by atoms with Crippen molar-refractivity contribution >= 4 is 23.5 Å². The predicted molar refractivity (Wildman–Crippen MR) is 176 cm³/mol. The Morgan fingerprint density at radius 2 is 0.545 bits per heavy atom. The fraction of sp³-hybridized carbons (Fsp3) is 0.889. The number of hydrogen-bond acceptors (Lipinski definition) is 6. The van der Waals surface area contributed by atoms with Gasteiger partial charge in [-0.1, -0.05) is 168 Å². The van der Waals surface area contributed by atoms with Crippen molar-refractivity contribution in [3.8, 4) is 0 Å². The average molecular weight is 627 g/mol. The third-order valence-electron chi connectivity index (χ3n) is 8.96. The number of rotatable bonds is 33. The van der Waals surface area contributed by atoms with Crippen LogP contribution in [0.2, 0.25) is 0 Å². The largest absolute Gasteiger partial charge is 0.479 e. The van der Waals surface area contributed by atoms with E-state index in [2.05, 4.69) is 13.8 Å². The highest BCUT2D eigenvalue weighted by molar-refractivity contribution is 6.21. The van der Waals surface area contributed by atoms with Crippen LogP contribution in [0, 0.1) is 0 Å². The normalized spacial score (nSPS) is 14.2. The summed E-state index contributed by atoms with van der Waals surface area (Å²) in [6, 6.07) is 0. The Balaban J connectivity index is 4.47. The molecule has 0 aromatic heterocycles. The van der Waals surface area contributed by atoms with E-state index in [0.717, 1.165) is 51.4 Å². The minimum atomic E-state index is -3.73. The van der Waals surface area contributed by atoms with Crippen molar-refractivity contribution in [1.29, 1.82) is 0 Å². The zero-order chi connectivity index (χ0) is 33.1. The van der Waals surface area contributed by atoms with Crippen LogP contribution in [0.5, 0.6) is 0 Å². The number of aliphatic hydroxyl groups is 2. The van der Waals surface area contributed by atoms with Crippen LogP contribution in [0.1, 0.15) is 194 Å². The maximum absolute atomic E-state index is 12.8. The Hall–Kier alpha value is -1.80. The minimum absolute atomic E-state index is 0.245. The van der Waals surface area contributed by atoms with Gasteiger partial charge in [0, 0.05) is 12.8 Å². The number of hydrogen-bond donors (Lipinski definition) is 4. The molecule has 0 fully saturated rings. The molecule has 4 N–H and O–H groups in total. The molecule has 2 atom stereocenters. The number of carboxylic acids is 2. The molecular weight excluding hydrogens is 560 g/mol. The molecule has 0 aromatic rings. The predicted octanol–water partition coefficient (Wildman–Crippen LogP) is 8.72. The Morgan fingerprint density at radius 1 is 0.364 bits per heavy atom. The molecule has 8 heteroatoms. The van der Waals surface area contributed by atoms with Gasteiger partial charge in [-0.15, -0.1) is 0 Å². The van der Waals surface area contributed by atoms with Crippen LogP contribution in [0.4, 0.5) is 0 Å². The molecular formula is C36H66O8. The van der Waals surface area contributed by atoms with Gasteiger partial charge in [0.2, 0.25) is 0 Å². The first-order valence-corrected chi connectivity index (χ1v) is 18.1. The second-order valence-electron chi connectivity index (χ2n) is 12.9. The van der Waals surface area contributed by atoms with Crippen LogP contribution in [0.15, 0.2) is 0 Å². The third-order valence-corrected chi connectivity index (χ3v) is 8.96. The smallest absolute Gasteiger partial charge is 0.347 e. The fourth-order valence-electron chi connectivity index (χ4n) is 5.92. The van der Waals surface area contributed by atoms with Gasteiger partial charge in [0.05, 0.1) is 0 Å². The molecule has 0 aliphatic heterocycles. The topological polar surface area (TPSA) is 149 Å². The Labute approximate surface area is 267 Å². The molecule has 0 amide bonds. The number of carbonyl (C=O) groups excluding carboxylic acids is 2. The van der Waals surface area contributed by atoms with E-state index in [1.165, 1.54) is 89.9 Å². The van der Waals surface area contributed by atoms with Gasteiger partial charge < -0.3 is 20.4 Å². The summed E-state index contributed by atoms with van der Waals surface area (Å²) in [5.74, 6) is -7.14. The Kier molecular flexibility index (Phi) is 25.3. The lowest BCUT2D eigenvalue weighted by atomic mass is 9.74. The zero-order valence-electron chi connectivity index (χ0n) is 28.2. The van der Waals surface area contributed by atoms with E-state index in [1.54, 1.807) is 0 Å². The molecule has 0 radical (unpaired) electrons. The maximum atomic E-state index is 12.8. The summed E-state index contributed by atoms with van der Waals surface area (Å²) in [5, 5.41) is 41.0. The zero-order valence-corrected chi connectivity index (χ0v) is 28.2. The third kappa shape index (κ3) is 16.5. The molecule has 44 heavy (non-hydrogen) atoms. The first-order valence-electron chi connectivity index (χ1n) is 18.1. The Bertz CT molecular complexity index is 718. The van der Waals surface area contributed by atoms with Gasteiger partial charge in [-0.05, 0) is 12.8 Å². The molecule has 0 saturated heterocycles. The highest BCUT2D eigenvalue weighted by Gasteiger charge is 2.68. The first-order chi connectivity index (χ1) is 21.1. The molecule has 2 unspecified atom stereocenters. The van der Waals surface area contributed by atoms with E-state index < -0.39 is 47.5 Å². The second-order valence-corrected chi connectivity index (χ2v) is 12.9. The molecule has 0 aliphatic rings. The lowest BCUT2D eigenvalue weighted by Gasteiger charge is -2.34. The monoisotopic (exact) mass is 626 g/mol. The SMILES string of the molecule is CCCCCCCCCCCCCCCC(=O)C(O)(C(=O)O)C(O)(C(=O)O)C(=O)CCCCCCCCCCCCCCC. The number of unbranched alkanes of at least 4 members (excludes halogenated alkanes) is 24. The van der Waals surface area contributed by atoms with E-state index in [1.807, 2.05) is 0 Å². The van der Waals surface area contributed by atoms with E-state index in [9.17, 15) is 39.6 Å². The first kappa shape index (κ1) is 42.2.